The Hall–Kier alpha value is -1.42. The lowest BCUT2D eigenvalue weighted by atomic mass is 9.90. The molecule has 0 aromatic heterocycles. The number of halogens is 1. The van der Waals surface area contributed by atoms with Crippen molar-refractivity contribution in [2.75, 3.05) is 0 Å². The van der Waals surface area contributed by atoms with E-state index in [0.29, 0.717) is 11.5 Å². The monoisotopic (exact) mass is 234 g/mol. The second-order valence-electron chi connectivity index (χ2n) is 4.74. The van der Waals surface area contributed by atoms with Crippen LogP contribution in [0.5, 0.6) is 0 Å². The third kappa shape index (κ3) is 2.05. The standard InChI is InChI=1S/C13H15FN2O/c14-9-3-1-2-8(6-9)13-16-11-7-10(15)4-5-12(11)17-13/h1-3,6,10-12H,4-5,7,15H2. The minimum atomic E-state index is -0.264. The average molecular weight is 234 g/mol. The predicted octanol–water partition coefficient (Wildman–Crippen LogP) is 1.85. The zero-order chi connectivity index (χ0) is 11.8. The summed E-state index contributed by atoms with van der Waals surface area (Å²) in [5.74, 6) is 0.300. The summed E-state index contributed by atoms with van der Waals surface area (Å²) in [5, 5.41) is 0. The lowest BCUT2D eigenvalue weighted by Gasteiger charge is -2.26. The predicted molar refractivity (Wildman–Crippen MR) is 63.4 cm³/mol. The molecule has 1 aromatic rings. The van der Waals surface area contributed by atoms with Crippen LogP contribution in [0.4, 0.5) is 4.39 Å². The summed E-state index contributed by atoms with van der Waals surface area (Å²) in [5.41, 5.74) is 6.63. The molecule has 3 unspecified atom stereocenters. The number of nitrogens with two attached hydrogens (primary N) is 1. The molecule has 0 saturated heterocycles. The van der Waals surface area contributed by atoms with E-state index < -0.39 is 0 Å². The fraction of sp³-hybridized carbons (Fsp3) is 0.462. The molecule has 3 nitrogen and oxygen atoms in total. The Bertz CT molecular complexity index is 460. The highest BCUT2D eigenvalue weighted by Gasteiger charge is 2.36. The van der Waals surface area contributed by atoms with Gasteiger partial charge < -0.3 is 10.5 Å². The van der Waals surface area contributed by atoms with Crippen molar-refractivity contribution >= 4 is 5.90 Å². The van der Waals surface area contributed by atoms with Crippen LogP contribution < -0.4 is 5.73 Å². The van der Waals surface area contributed by atoms with E-state index in [1.54, 1.807) is 6.07 Å². The first-order valence-corrected chi connectivity index (χ1v) is 5.98. The number of ether oxygens (including phenoxy) is 1. The lowest BCUT2D eigenvalue weighted by Crippen LogP contribution is -2.37. The molecule has 1 saturated carbocycles. The molecule has 4 heteroatoms. The van der Waals surface area contributed by atoms with Crippen LogP contribution in [-0.4, -0.2) is 24.1 Å². The summed E-state index contributed by atoms with van der Waals surface area (Å²) in [6, 6.07) is 6.73. The first-order chi connectivity index (χ1) is 8.22. The van der Waals surface area contributed by atoms with Gasteiger partial charge in [-0.15, -0.1) is 0 Å². The van der Waals surface area contributed by atoms with Crippen molar-refractivity contribution in [1.82, 2.24) is 0 Å². The highest BCUT2D eigenvalue weighted by Crippen LogP contribution is 2.29. The van der Waals surface area contributed by atoms with Gasteiger partial charge >= 0.3 is 0 Å². The van der Waals surface area contributed by atoms with Crippen molar-refractivity contribution in [3.8, 4) is 0 Å². The van der Waals surface area contributed by atoms with E-state index in [-0.39, 0.29) is 24.0 Å². The maximum atomic E-state index is 13.1. The molecular weight excluding hydrogens is 219 g/mol. The van der Waals surface area contributed by atoms with E-state index >= 15 is 0 Å². The first-order valence-electron chi connectivity index (χ1n) is 5.98. The van der Waals surface area contributed by atoms with Crippen LogP contribution in [0, 0.1) is 5.82 Å². The van der Waals surface area contributed by atoms with Gasteiger partial charge in [0.25, 0.3) is 0 Å². The number of nitrogens with zero attached hydrogens (tertiary/aromatic N) is 1. The number of rotatable bonds is 1. The molecule has 0 amide bonds. The maximum absolute atomic E-state index is 13.1. The summed E-state index contributed by atoms with van der Waals surface area (Å²) < 4.78 is 18.9. The molecule has 0 bridgehead atoms. The van der Waals surface area contributed by atoms with Crippen molar-refractivity contribution in [2.45, 2.75) is 37.5 Å². The third-order valence-corrected chi connectivity index (χ3v) is 3.41. The maximum Gasteiger partial charge on any atom is 0.216 e. The van der Waals surface area contributed by atoms with Crippen LogP contribution in [-0.2, 0) is 4.74 Å². The van der Waals surface area contributed by atoms with Gasteiger partial charge in [-0.2, -0.15) is 0 Å². The number of hydrogen-bond donors (Lipinski definition) is 1. The molecule has 1 aliphatic carbocycles. The number of fused-ring (bicyclic) bond motifs is 1. The molecule has 1 heterocycles. The van der Waals surface area contributed by atoms with E-state index in [9.17, 15) is 4.39 Å². The highest BCUT2D eigenvalue weighted by molar-refractivity contribution is 5.95. The molecule has 0 radical (unpaired) electrons. The zero-order valence-electron chi connectivity index (χ0n) is 9.47. The zero-order valence-corrected chi connectivity index (χ0v) is 9.47. The lowest BCUT2D eigenvalue weighted by molar-refractivity contribution is 0.145. The molecule has 0 spiro atoms. The van der Waals surface area contributed by atoms with Crippen LogP contribution in [0.25, 0.3) is 0 Å². The first kappa shape index (κ1) is 10.7. The van der Waals surface area contributed by atoms with Gasteiger partial charge in [0.1, 0.15) is 11.9 Å². The number of aliphatic imine (C=N–C) groups is 1. The molecule has 1 fully saturated rings. The minimum absolute atomic E-state index is 0.132. The third-order valence-electron chi connectivity index (χ3n) is 3.41. The van der Waals surface area contributed by atoms with Gasteiger partial charge in [-0.25, -0.2) is 9.38 Å². The SMILES string of the molecule is NC1CCC2OC(c3cccc(F)c3)=NC2C1. The Labute approximate surface area is 99.5 Å². The quantitative estimate of drug-likeness (QED) is 0.806. The van der Waals surface area contributed by atoms with Crippen molar-refractivity contribution in [3.05, 3.63) is 35.6 Å². The fourth-order valence-corrected chi connectivity index (χ4v) is 2.51. The van der Waals surface area contributed by atoms with Crippen LogP contribution in [0.2, 0.25) is 0 Å². The van der Waals surface area contributed by atoms with E-state index in [1.165, 1.54) is 12.1 Å². The van der Waals surface area contributed by atoms with Crippen LogP contribution >= 0.6 is 0 Å². The Morgan fingerprint density at radius 2 is 2.24 bits per heavy atom. The minimum Gasteiger partial charge on any atom is -0.472 e. The number of benzene rings is 1. The largest absolute Gasteiger partial charge is 0.472 e. The van der Waals surface area contributed by atoms with Crippen molar-refractivity contribution in [2.24, 2.45) is 10.7 Å². The van der Waals surface area contributed by atoms with Crippen LogP contribution in [0.1, 0.15) is 24.8 Å². The van der Waals surface area contributed by atoms with Gasteiger partial charge in [-0.1, -0.05) is 6.07 Å². The van der Waals surface area contributed by atoms with Gasteiger partial charge in [-0.05, 0) is 37.5 Å². The summed E-state index contributed by atoms with van der Waals surface area (Å²) in [6.45, 7) is 0. The molecule has 17 heavy (non-hydrogen) atoms. The summed E-state index contributed by atoms with van der Waals surface area (Å²) in [6.07, 6.45) is 2.91. The van der Waals surface area contributed by atoms with Gasteiger partial charge in [0.15, 0.2) is 0 Å². The fourth-order valence-electron chi connectivity index (χ4n) is 2.51. The van der Waals surface area contributed by atoms with E-state index in [4.69, 9.17) is 10.5 Å². The Morgan fingerprint density at radius 3 is 3.06 bits per heavy atom. The summed E-state index contributed by atoms with van der Waals surface area (Å²) in [7, 11) is 0. The molecule has 3 atom stereocenters. The average Bonchev–Trinajstić information content (AvgIpc) is 2.72. The molecule has 2 aliphatic rings. The summed E-state index contributed by atoms with van der Waals surface area (Å²) in [4.78, 5) is 4.52. The molecule has 3 rings (SSSR count). The molecular formula is C13H15FN2O. The van der Waals surface area contributed by atoms with E-state index in [1.807, 2.05) is 6.07 Å². The molecule has 90 valence electrons. The van der Waals surface area contributed by atoms with Gasteiger partial charge in [0.05, 0.1) is 6.04 Å². The van der Waals surface area contributed by atoms with Gasteiger partial charge in [-0.3, -0.25) is 0 Å². The van der Waals surface area contributed by atoms with E-state index in [0.717, 1.165) is 19.3 Å². The molecule has 2 N–H and O–H groups in total. The Kier molecular flexibility index (Phi) is 2.59. The van der Waals surface area contributed by atoms with Crippen molar-refractivity contribution in [3.63, 3.8) is 0 Å². The van der Waals surface area contributed by atoms with Crippen LogP contribution in [0.3, 0.4) is 0 Å². The van der Waals surface area contributed by atoms with E-state index in [2.05, 4.69) is 4.99 Å². The highest BCUT2D eigenvalue weighted by atomic mass is 19.1. The Morgan fingerprint density at radius 1 is 1.35 bits per heavy atom. The smallest absolute Gasteiger partial charge is 0.216 e. The molecule has 1 aliphatic heterocycles. The Balaban J connectivity index is 1.84. The van der Waals surface area contributed by atoms with Crippen molar-refractivity contribution in [1.29, 1.82) is 0 Å². The normalized spacial score (nSPS) is 31.6. The summed E-state index contributed by atoms with van der Waals surface area (Å²) >= 11 is 0. The topological polar surface area (TPSA) is 47.6 Å². The van der Waals surface area contributed by atoms with Crippen molar-refractivity contribution < 1.29 is 9.13 Å². The van der Waals surface area contributed by atoms with Crippen LogP contribution in [0.15, 0.2) is 29.3 Å². The van der Waals surface area contributed by atoms with Gasteiger partial charge in [0.2, 0.25) is 5.90 Å². The number of hydrogen-bond acceptors (Lipinski definition) is 3. The molecule has 1 aromatic carbocycles. The second-order valence-corrected chi connectivity index (χ2v) is 4.74. The second kappa shape index (κ2) is 4.11. The van der Waals surface area contributed by atoms with Gasteiger partial charge in [0, 0.05) is 11.6 Å².